The smallest absolute Gasteiger partial charge is 0.140 e. The van der Waals surface area contributed by atoms with E-state index < -0.39 is 0 Å². The molecule has 0 atom stereocenters. The molecule has 6 nitrogen and oxygen atoms in total. The molecule has 0 saturated heterocycles. The largest absolute Gasteiger partial charge is 0.346 e. The molecular weight excluding hydrogens is 228 g/mol. The minimum atomic E-state index is 0.894. The third-order valence-electron chi connectivity index (χ3n) is 2.45. The van der Waals surface area contributed by atoms with Crippen LogP contribution >= 0.6 is 0 Å². The van der Waals surface area contributed by atoms with Crippen molar-refractivity contribution in [3.05, 3.63) is 49.6 Å². The van der Waals surface area contributed by atoms with Crippen LogP contribution in [0.15, 0.2) is 49.6 Å². The molecule has 0 unspecified atom stereocenters. The van der Waals surface area contributed by atoms with Gasteiger partial charge in [0, 0.05) is 35.6 Å². The summed E-state index contributed by atoms with van der Waals surface area (Å²) in [5, 5.41) is 2.11. The molecule has 0 aliphatic heterocycles. The van der Waals surface area contributed by atoms with Gasteiger partial charge >= 0.3 is 0 Å². The van der Waals surface area contributed by atoms with Gasteiger partial charge in [-0.2, -0.15) is 0 Å². The fourth-order valence-electron chi connectivity index (χ4n) is 1.59. The fourth-order valence-corrected chi connectivity index (χ4v) is 1.59. The predicted molar refractivity (Wildman–Crippen MR) is 67.8 cm³/mol. The monoisotopic (exact) mass is 238 g/mol. The first-order valence-electron chi connectivity index (χ1n) is 5.40. The Morgan fingerprint density at radius 1 is 0.722 bits per heavy atom. The van der Waals surface area contributed by atoms with E-state index in [1.807, 2.05) is 24.5 Å². The molecule has 2 N–H and O–H groups in total. The molecule has 4 aromatic rings. The van der Waals surface area contributed by atoms with E-state index in [1.165, 1.54) is 12.7 Å². The molecule has 0 amide bonds. The van der Waals surface area contributed by atoms with E-state index in [1.54, 1.807) is 12.4 Å². The standard InChI is InChI=1S/2C6H5N3/c2*1-2-8-6-5(1)3-7-4-9-6/h2*1-4H,(H,7,8,9). The average Bonchev–Trinajstić information content (AvgIpc) is 3.08. The van der Waals surface area contributed by atoms with Crippen molar-refractivity contribution < 1.29 is 0 Å². The number of nitrogens with zero attached hydrogens (tertiary/aromatic N) is 4. The number of nitrogens with one attached hydrogen (secondary N) is 2. The molecule has 0 bridgehead atoms. The van der Waals surface area contributed by atoms with Crippen LogP contribution in [0.5, 0.6) is 0 Å². The Hall–Kier alpha value is -2.76. The van der Waals surface area contributed by atoms with E-state index in [4.69, 9.17) is 0 Å². The van der Waals surface area contributed by atoms with Gasteiger partial charge in [0.15, 0.2) is 0 Å². The maximum absolute atomic E-state index is 3.97. The Labute approximate surface area is 102 Å². The van der Waals surface area contributed by atoms with Gasteiger partial charge in [-0.25, -0.2) is 19.9 Å². The third-order valence-corrected chi connectivity index (χ3v) is 2.45. The van der Waals surface area contributed by atoms with Crippen LogP contribution in [0.2, 0.25) is 0 Å². The van der Waals surface area contributed by atoms with Crippen molar-refractivity contribution in [1.82, 2.24) is 29.9 Å². The van der Waals surface area contributed by atoms with Gasteiger partial charge in [0.25, 0.3) is 0 Å². The zero-order chi connectivity index (χ0) is 12.2. The second-order valence-electron chi connectivity index (χ2n) is 3.61. The maximum Gasteiger partial charge on any atom is 0.140 e. The minimum absolute atomic E-state index is 0.894. The summed E-state index contributed by atoms with van der Waals surface area (Å²) in [7, 11) is 0. The molecule has 0 aliphatic rings. The summed E-state index contributed by atoms with van der Waals surface area (Å²) >= 11 is 0. The van der Waals surface area contributed by atoms with Gasteiger partial charge in [-0.3, -0.25) is 0 Å². The number of H-pyrrole nitrogens is 2. The van der Waals surface area contributed by atoms with Crippen molar-refractivity contribution >= 4 is 22.1 Å². The highest BCUT2D eigenvalue weighted by Crippen LogP contribution is 2.04. The van der Waals surface area contributed by atoms with Gasteiger partial charge in [-0.15, -0.1) is 0 Å². The number of hydrogen-bond donors (Lipinski definition) is 2. The SMILES string of the molecule is c1ncc2cc[nH]c2n1.c1ncc2cc[nH]c2n1. The Bertz CT molecular complexity index is 631. The molecule has 0 fully saturated rings. The van der Waals surface area contributed by atoms with E-state index >= 15 is 0 Å². The summed E-state index contributed by atoms with van der Waals surface area (Å²) < 4.78 is 0. The lowest BCUT2D eigenvalue weighted by Crippen LogP contribution is -1.75. The van der Waals surface area contributed by atoms with Gasteiger partial charge in [-0.05, 0) is 12.1 Å². The molecule has 88 valence electrons. The predicted octanol–water partition coefficient (Wildman–Crippen LogP) is 1.92. The van der Waals surface area contributed by atoms with Gasteiger partial charge in [0.1, 0.15) is 23.9 Å². The second-order valence-corrected chi connectivity index (χ2v) is 3.61. The van der Waals surface area contributed by atoms with Gasteiger partial charge in [-0.1, -0.05) is 0 Å². The topological polar surface area (TPSA) is 83.1 Å². The molecule has 0 spiro atoms. The lowest BCUT2D eigenvalue weighted by atomic mass is 10.4. The van der Waals surface area contributed by atoms with Crippen LogP contribution < -0.4 is 0 Å². The summed E-state index contributed by atoms with van der Waals surface area (Å²) in [5.74, 6) is 0. The Kier molecular flexibility index (Phi) is 2.67. The molecule has 6 heteroatoms. The van der Waals surface area contributed by atoms with Crippen LogP contribution in [0, 0.1) is 0 Å². The van der Waals surface area contributed by atoms with E-state index in [-0.39, 0.29) is 0 Å². The van der Waals surface area contributed by atoms with Crippen molar-refractivity contribution in [2.24, 2.45) is 0 Å². The first-order valence-corrected chi connectivity index (χ1v) is 5.40. The van der Waals surface area contributed by atoms with Crippen LogP contribution in [0.25, 0.3) is 22.1 Å². The summed E-state index contributed by atoms with van der Waals surface area (Å²) in [6, 6.07) is 3.88. The van der Waals surface area contributed by atoms with E-state index in [2.05, 4.69) is 29.9 Å². The second kappa shape index (κ2) is 4.62. The number of aromatic amines is 2. The van der Waals surface area contributed by atoms with Crippen molar-refractivity contribution in [3.63, 3.8) is 0 Å². The maximum atomic E-state index is 3.97. The Morgan fingerprint density at radius 2 is 1.22 bits per heavy atom. The van der Waals surface area contributed by atoms with Crippen LogP contribution in [0.3, 0.4) is 0 Å². The molecule has 4 rings (SSSR count). The van der Waals surface area contributed by atoms with Crippen LogP contribution in [0.4, 0.5) is 0 Å². The molecule has 18 heavy (non-hydrogen) atoms. The number of fused-ring (bicyclic) bond motifs is 2. The number of aromatic nitrogens is 6. The van der Waals surface area contributed by atoms with Gasteiger partial charge < -0.3 is 9.97 Å². The molecule has 0 aliphatic carbocycles. The van der Waals surface area contributed by atoms with Crippen molar-refractivity contribution in [2.75, 3.05) is 0 Å². The summed E-state index contributed by atoms with van der Waals surface area (Å²) in [6.45, 7) is 0. The molecule has 4 heterocycles. The highest BCUT2D eigenvalue weighted by atomic mass is 14.9. The van der Waals surface area contributed by atoms with Crippen molar-refractivity contribution in [2.45, 2.75) is 0 Å². The van der Waals surface area contributed by atoms with Gasteiger partial charge in [0.2, 0.25) is 0 Å². The quantitative estimate of drug-likeness (QED) is 0.490. The van der Waals surface area contributed by atoms with Crippen LogP contribution in [0.1, 0.15) is 0 Å². The normalized spacial score (nSPS) is 10.2. The Balaban J connectivity index is 0.000000111. The highest BCUT2D eigenvalue weighted by Gasteiger charge is 1.90. The minimum Gasteiger partial charge on any atom is -0.346 e. The number of hydrogen-bond acceptors (Lipinski definition) is 4. The molecule has 0 radical (unpaired) electrons. The van der Waals surface area contributed by atoms with Gasteiger partial charge in [0.05, 0.1) is 0 Å². The lowest BCUT2D eigenvalue weighted by Gasteiger charge is -1.81. The molecule has 0 saturated carbocycles. The van der Waals surface area contributed by atoms with E-state index in [0.29, 0.717) is 0 Å². The Morgan fingerprint density at radius 3 is 1.67 bits per heavy atom. The lowest BCUT2D eigenvalue weighted by molar-refractivity contribution is 1.20. The number of rotatable bonds is 0. The van der Waals surface area contributed by atoms with E-state index in [0.717, 1.165) is 22.1 Å². The van der Waals surface area contributed by atoms with E-state index in [9.17, 15) is 0 Å². The molecule has 0 aromatic carbocycles. The fraction of sp³-hybridized carbons (Fsp3) is 0. The average molecular weight is 238 g/mol. The van der Waals surface area contributed by atoms with Crippen LogP contribution in [-0.4, -0.2) is 29.9 Å². The van der Waals surface area contributed by atoms with Crippen molar-refractivity contribution in [3.8, 4) is 0 Å². The first-order chi connectivity index (χ1) is 8.93. The van der Waals surface area contributed by atoms with Crippen LogP contribution in [-0.2, 0) is 0 Å². The third kappa shape index (κ3) is 2.03. The first kappa shape index (κ1) is 10.4. The molecular formula is C12H10N6. The highest BCUT2D eigenvalue weighted by molar-refractivity contribution is 5.73. The molecule has 4 aromatic heterocycles. The zero-order valence-electron chi connectivity index (χ0n) is 9.41. The summed E-state index contributed by atoms with van der Waals surface area (Å²) in [6.07, 6.45) is 10.3. The van der Waals surface area contributed by atoms with Crippen molar-refractivity contribution in [1.29, 1.82) is 0 Å². The zero-order valence-corrected chi connectivity index (χ0v) is 9.41. The summed E-state index contributed by atoms with van der Waals surface area (Å²) in [4.78, 5) is 21.6. The summed E-state index contributed by atoms with van der Waals surface area (Å²) in [5.41, 5.74) is 1.79.